The largest absolute Gasteiger partial charge is 0.480 e. The minimum absolute atomic E-state index is 0.133. The van der Waals surface area contributed by atoms with Crippen LogP contribution in [0.2, 0.25) is 0 Å². The second kappa shape index (κ2) is 6.50. The fraction of sp³-hybridized carbons (Fsp3) is 0.857. The quantitative estimate of drug-likeness (QED) is 0.865. The van der Waals surface area contributed by atoms with Gasteiger partial charge in [0.05, 0.1) is 5.37 Å². The van der Waals surface area contributed by atoms with Gasteiger partial charge in [0.2, 0.25) is 11.8 Å². The van der Waals surface area contributed by atoms with Crippen molar-refractivity contribution in [2.45, 2.75) is 62.8 Å². The number of aliphatic carboxylic acids is 1. The van der Waals surface area contributed by atoms with E-state index in [1.54, 1.807) is 0 Å². The van der Waals surface area contributed by atoms with E-state index in [-0.39, 0.29) is 37.0 Å². The van der Waals surface area contributed by atoms with Crippen molar-refractivity contribution in [3.05, 3.63) is 0 Å². The smallest absolute Gasteiger partial charge is 0.327 e. The minimum atomic E-state index is -2.68. The summed E-state index contributed by atoms with van der Waals surface area (Å²) >= 11 is 1.48. The molecule has 120 valence electrons. The molecule has 0 aromatic rings. The second-order valence-corrected chi connectivity index (χ2v) is 7.02. The normalized spacial score (nSPS) is 29.6. The Morgan fingerprint density at radius 1 is 1.33 bits per heavy atom. The highest BCUT2D eigenvalue weighted by atomic mass is 32.2. The van der Waals surface area contributed by atoms with Crippen LogP contribution < -0.4 is 0 Å². The van der Waals surface area contributed by atoms with Gasteiger partial charge in [0, 0.05) is 24.5 Å². The zero-order chi connectivity index (χ0) is 15.6. The highest BCUT2D eigenvalue weighted by molar-refractivity contribution is 8.00. The average molecular weight is 321 g/mol. The summed E-state index contributed by atoms with van der Waals surface area (Å²) in [4.78, 5) is 25.4. The summed E-state index contributed by atoms with van der Waals surface area (Å²) in [5.74, 6) is -4.00. The van der Waals surface area contributed by atoms with Crippen LogP contribution >= 0.6 is 11.8 Å². The Balaban J connectivity index is 2.08. The Kier molecular flexibility index (Phi) is 5.11. The third kappa shape index (κ3) is 3.67. The zero-order valence-electron chi connectivity index (χ0n) is 12.1. The highest BCUT2D eigenvalue weighted by Gasteiger charge is 2.45. The summed E-state index contributed by atoms with van der Waals surface area (Å²) in [5, 5.41) is 9.14. The number of nitrogens with zero attached hydrogens (tertiary/aromatic N) is 1. The van der Waals surface area contributed by atoms with Crippen molar-refractivity contribution in [1.82, 2.24) is 4.90 Å². The fourth-order valence-electron chi connectivity index (χ4n) is 3.02. The molecule has 1 saturated carbocycles. The van der Waals surface area contributed by atoms with E-state index in [1.165, 1.54) is 16.7 Å². The lowest BCUT2D eigenvalue weighted by atomic mass is 9.85. The van der Waals surface area contributed by atoms with Gasteiger partial charge in [-0.3, -0.25) is 4.79 Å². The lowest BCUT2D eigenvalue weighted by Crippen LogP contribution is -2.49. The number of carboxylic acids is 1. The Bertz CT molecular complexity index is 409. The number of amides is 1. The molecular formula is C14H21F2NO3S. The molecule has 0 radical (unpaired) electrons. The maximum absolute atomic E-state index is 13.2. The fourth-order valence-corrected chi connectivity index (χ4v) is 4.54. The van der Waals surface area contributed by atoms with Crippen molar-refractivity contribution in [2.24, 2.45) is 5.92 Å². The summed E-state index contributed by atoms with van der Waals surface area (Å²) in [6.07, 6.45) is 1.34. The number of rotatable bonds is 4. The van der Waals surface area contributed by atoms with Gasteiger partial charge in [-0.2, -0.15) is 0 Å². The predicted octanol–water partition coefficient (Wildman–Crippen LogP) is 2.97. The van der Waals surface area contributed by atoms with Gasteiger partial charge in [-0.05, 0) is 19.3 Å². The standard InChI is InChI=1S/C14H21F2NO3S/c1-2-3-11-17(10(8-21-11)13(19)20)12(18)9-4-6-14(15,16)7-5-9/h9-11H,2-8H2,1H3,(H,19,20). The monoisotopic (exact) mass is 321 g/mol. The SMILES string of the molecule is CCCC1SCC(C(=O)O)N1C(=O)C1CCC(F)(F)CC1. The van der Waals surface area contributed by atoms with Crippen molar-refractivity contribution in [1.29, 1.82) is 0 Å². The van der Waals surface area contributed by atoms with Crippen LogP contribution in [0.15, 0.2) is 0 Å². The summed E-state index contributed by atoms with van der Waals surface area (Å²) in [6.45, 7) is 1.98. The van der Waals surface area contributed by atoms with E-state index in [0.29, 0.717) is 5.75 Å². The maximum atomic E-state index is 13.2. The number of hydrogen-bond acceptors (Lipinski definition) is 3. The molecule has 1 amide bonds. The van der Waals surface area contributed by atoms with E-state index in [0.717, 1.165) is 12.8 Å². The lowest BCUT2D eigenvalue weighted by molar-refractivity contribution is -0.153. The van der Waals surface area contributed by atoms with Gasteiger partial charge in [0.15, 0.2) is 0 Å². The van der Waals surface area contributed by atoms with Crippen LogP contribution in [0.1, 0.15) is 45.4 Å². The Morgan fingerprint density at radius 3 is 2.48 bits per heavy atom. The van der Waals surface area contributed by atoms with Crippen LogP contribution in [-0.2, 0) is 9.59 Å². The van der Waals surface area contributed by atoms with Crippen molar-refractivity contribution >= 4 is 23.6 Å². The molecule has 0 bridgehead atoms. The molecule has 2 rings (SSSR count). The first-order chi connectivity index (χ1) is 9.85. The van der Waals surface area contributed by atoms with Gasteiger partial charge in [0.25, 0.3) is 0 Å². The maximum Gasteiger partial charge on any atom is 0.327 e. The van der Waals surface area contributed by atoms with Crippen LogP contribution in [0.5, 0.6) is 0 Å². The molecule has 2 fully saturated rings. The lowest BCUT2D eigenvalue weighted by Gasteiger charge is -2.34. The van der Waals surface area contributed by atoms with E-state index < -0.39 is 23.9 Å². The van der Waals surface area contributed by atoms with E-state index in [9.17, 15) is 23.5 Å². The molecule has 1 aliphatic heterocycles. The molecule has 2 aliphatic rings. The molecule has 2 atom stereocenters. The number of halogens is 2. The van der Waals surface area contributed by atoms with E-state index in [4.69, 9.17) is 0 Å². The first-order valence-electron chi connectivity index (χ1n) is 7.40. The van der Waals surface area contributed by atoms with Gasteiger partial charge < -0.3 is 10.0 Å². The van der Waals surface area contributed by atoms with E-state index in [2.05, 4.69) is 0 Å². The molecular weight excluding hydrogens is 300 g/mol. The topological polar surface area (TPSA) is 57.6 Å². The van der Waals surface area contributed by atoms with Gasteiger partial charge >= 0.3 is 5.97 Å². The van der Waals surface area contributed by atoms with Crippen molar-refractivity contribution in [2.75, 3.05) is 5.75 Å². The van der Waals surface area contributed by atoms with E-state index in [1.807, 2.05) is 6.92 Å². The Morgan fingerprint density at radius 2 is 1.95 bits per heavy atom. The Hall–Kier alpha value is -0.850. The molecule has 0 aromatic carbocycles. The molecule has 1 saturated heterocycles. The van der Waals surface area contributed by atoms with E-state index >= 15 is 0 Å². The van der Waals surface area contributed by atoms with Crippen molar-refractivity contribution in [3.63, 3.8) is 0 Å². The molecule has 2 unspecified atom stereocenters. The van der Waals surface area contributed by atoms with Gasteiger partial charge in [-0.1, -0.05) is 13.3 Å². The third-order valence-corrected chi connectivity index (χ3v) is 5.59. The number of thioether (sulfide) groups is 1. The van der Waals surface area contributed by atoms with Crippen molar-refractivity contribution < 1.29 is 23.5 Å². The first-order valence-corrected chi connectivity index (χ1v) is 8.45. The molecule has 4 nitrogen and oxygen atoms in total. The third-order valence-electron chi connectivity index (χ3n) is 4.23. The van der Waals surface area contributed by atoms with Crippen LogP contribution in [0.3, 0.4) is 0 Å². The molecule has 21 heavy (non-hydrogen) atoms. The summed E-state index contributed by atoms with van der Waals surface area (Å²) in [6, 6.07) is -0.818. The highest BCUT2D eigenvalue weighted by Crippen LogP contribution is 2.40. The molecule has 1 heterocycles. The molecule has 1 N–H and O–H groups in total. The van der Waals surface area contributed by atoms with Crippen LogP contribution in [0.25, 0.3) is 0 Å². The number of alkyl halides is 2. The summed E-state index contributed by atoms with van der Waals surface area (Å²) in [7, 11) is 0. The predicted molar refractivity (Wildman–Crippen MR) is 76.3 cm³/mol. The Labute approximate surface area is 127 Å². The van der Waals surface area contributed by atoms with Gasteiger partial charge in [0.1, 0.15) is 6.04 Å². The van der Waals surface area contributed by atoms with Crippen LogP contribution in [0.4, 0.5) is 8.78 Å². The van der Waals surface area contributed by atoms with Crippen LogP contribution in [-0.4, -0.2) is 45.0 Å². The number of carbonyl (C=O) groups excluding carboxylic acids is 1. The number of carbonyl (C=O) groups is 2. The molecule has 0 spiro atoms. The van der Waals surface area contributed by atoms with Crippen molar-refractivity contribution in [3.8, 4) is 0 Å². The zero-order valence-corrected chi connectivity index (χ0v) is 12.9. The molecule has 1 aliphatic carbocycles. The van der Waals surface area contributed by atoms with Crippen LogP contribution in [0, 0.1) is 5.92 Å². The molecule has 7 heteroatoms. The summed E-state index contributed by atoms with van der Waals surface area (Å²) in [5.41, 5.74) is 0. The average Bonchev–Trinajstić information content (AvgIpc) is 2.82. The molecule has 0 aromatic heterocycles. The van der Waals surface area contributed by atoms with Gasteiger partial charge in [-0.25, -0.2) is 13.6 Å². The van der Waals surface area contributed by atoms with Gasteiger partial charge in [-0.15, -0.1) is 11.8 Å². The second-order valence-electron chi connectivity index (χ2n) is 5.81. The summed E-state index contributed by atoms with van der Waals surface area (Å²) < 4.78 is 26.4. The number of hydrogen-bond donors (Lipinski definition) is 1. The minimum Gasteiger partial charge on any atom is -0.480 e. The number of carboxylic acid groups (broad SMARTS) is 1. The first kappa shape index (κ1) is 16.5.